The standard InChI is InChI=1S/C21H18N8O3/c1-12-15(23-11-32-12)10-28-21(30)29-19(27-28)17(14-8-16(31-2)26-24-9-14)18(25-20(29)22)13-6-4-3-5-7-13/h3-9,11H,10H2,1-2H3,(H2,22,25,26,27)/p+1. The number of anilines is 1. The van der Waals surface area contributed by atoms with Crippen LogP contribution in [0.1, 0.15) is 11.5 Å². The molecule has 0 aliphatic rings. The molecule has 32 heavy (non-hydrogen) atoms. The number of benzene rings is 1. The van der Waals surface area contributed by atoms with Gasteiger partial charge in [0.1, 0.15) is 23.7 Å². The van der Waals surface area contributed by atoms with Crippen molar-refractivity contribution in [1.29, 1.82) is 0 Å². The van der Waals surface area contributed by atoms with Gasteiger partial charge in [-0.15, -0.1) is 14.5 Å². The fourth-order valence-electron chi connectivity index (χ4n) is 3.55. The summed E-state index contributed by atoms with van der Waals surface area (Å²) in [5, 5.41) is 11.1. The van der Waals surface area contributed by atoms with Gasteiger partial charge in [-0.25, -0.2) is 14.9 Å². The highest BCUT2D eigenvalue weighted by Crippen LogP contribution is 2.33. The molecule has 0 fully saturated rings. The molecule has 0 bridgehead atoms. The van der Waals surface area contributed by atoms with Crippen LogP contribution in [0.4, 0.5) is 5.95 Å². The van der Waals surface area contributed by atoms with E-state index < -0.39 is 0 Å². The maximum Gasteiger partial charge on any atom is 0.428 e. The van der Waals surface area contributed by atoms with E-state index in [2.05, 4.69) is 25.3 Å². The fraction of sp³-hybridized carbons (Fsp3) is 0.143. The minimum absolute atomic E-state index is 0.0495. The Morgan fingerprint density at radius 1 is 1.25 bits per heavy atom. The molecule has 0 amide bonds. The lowest BCUT2D eigenvalue weighted by Crippen LogP contribution is -2.44. The highest BCUT2D eigenvalue weighted by molar-refractivity contribution is 5.88. The summed E-state index contributed by atoms with van der Waals surface area (Å²) in [4.78, 5) is 22.0. The number of aryl methyl sites for hydroxylation is 1. The van der Waals surface area contributed by atoms with Gasteiger partial charge in [0.2, 0.25) is 11.5 Å². The van der Waals surface area contributed by atoms with E-state index >= 15 is 0 Å². The number of rotatable bonds is 5. The number of H-pyrrole nitrogens is 1. The molecule has 5 rings (SSSR count). The number of nitrogens with two attached hydrogens (primary N) is 1. The van der Waals surface area contributed by atoms with Crippen LogP contribution >= 0.6 is 0 Å². The minimum atomic E-state index is -0.387. The first-order valence-electron chi connectivity index (χ1n) is 9.72. The number of hydrogen-bond acceptors (Lipinski definition) is 8. The second-order valence-electron chi connectivity index (χ2n) is 7.07. The van der Waals surface area contributed by atoms with Crippen LogP contribution in [0.5, 0.6) is 5.88 Å². The largest absolute Gasteiger partial charge is 0.480 e. The summed E-state index contributed by atoms with van der Waals surface area (Å²) < 4.78 is 13.2. The van der Waals surface area contributed by atoms with Crippen LogP contribution in [-0.4, -0.2) is 37.1 Å². The molecule has 0 saturated heterocycles. The van der Waals surface area contributed by atoms with Gasteiger partial charge in [0, 0.05) is 17.2 Å². The number of ether oxygens (including phenoxy) is 1. The Balaban J connectivity index is 1.82. The van der Waals surface area contributed by atoms with Gasteiger partial charge in [-0.05, 0) is 6.92 Å². The SMILES string of the molecule is COc1cc(-c2c(-c3ccccc3)nc(N)[n+]3c(=O)n(Cc4ncoc4C)[nH]c23)cnn1. The number of nitrogens with zero attached hydrogens (tertiary/aromatic N) is 6. The van der Waals surface area contributed by atoms with Crippen molar-refractivity contribution in [3.63, 3.8) is 0 Å². The third kappa shape index (κ3) is 3.16. The van der Waals surface area contributed by atoms with E-state index in [9.17, 15) is 4.79 Å². The molecule has 1 aromatic carbocycles. The van der Waals surface area contributed by atoms with Crippen LogP contribution in [0.15, 0.2) is 58.2 Å². The van der Waals surface area contributed by atoms with E-state index in [1.807, 2.05) is 30.3 Å². The van der Waals surface area contributed by atoms with Gasteiger partial charge in [-0.2, -0.15) is 9.78 Å². The van der Waals surface area contributed by atoms with Gasteiger partial charge in [-0.1, -0.05) is 30.3 Å². The van der Waals surface area contributed by atoms with Crippen LogP contribution in [0.2, 0.25) is 0 Å². The number of nitrogen functional groups attached to an aromatic ring is 1. The van der Waals surface area contributed by atoms with Crippen molar-refractivity contribution in [2.75, 3.05) is 12.8 Å². The molecule has 0 unspecified atom stereocenters. The van der Waals surface area contributed by atoms with Crippen LogP contribution < -0.4 is 20.6 Å². The zero-order valence-electron chi connectivity index (χ0n) is 17.3. The van der Waals surface area contributed by atoms with E-state index in [0.29, 0.717) is 39.8 Å². The molecule has 11 nitrogen and oxygen atoms in total. The Morgan fingerprint density at radius 3 is 2.78 bits per heavy atom. The predicted octanol–water partition coefficient (Wildman–Crippen LogP) is 1.37. The zero-order chi connectivity index (χ0) is 22.2. The van der Waals surface area contributed by atoms with Crippen LogP contribution in [0, 0.1) is 6.92 Å². The third-order valence-electron chi connectivity index (χ3n) is 5.15. The Hall–Kier alpha value is -4.54. The number of aromatic amines is 1. The molecule has 0 aliphatic heterocycles. The first-order valence-corrected chi connectivity index (χ1v) is 9.72. The molecule has 4 aromatic heterocycles. The lowest BCUT2D eigenvalue weighted by atomic mass is 10.0. The van der Waals surface area contributed by atoms with Crippen molar-refractivity contribution in [1.82, 2.24) is 29.9 Å². The molecule has 11 heteroatoms. The molecule has 0 saturated carbocycles. The predicted molar refractivity (Wildman–Crippen MR) is 114 cm³/mol. The van der Waals surface area contributed by atoms with Crippen LogP contribution in [-0.2, 0) is 6.54 Å². The zero-order valence-corrected chi connectivity index (χ0v) is 17.3. The first kappa shape index (κ1) is 19.4. The number of hydrogen-bond donors (Lipinski definition) is 2. The first-order chi connectivity index (χ1) is 15.6. The van der Waals surface area contributed by atoms with Gasteiger partial charge in [0.25, 0.3) is 0 Å². The highest BCUT2D eigenvalue weighted by atomic mass is 16.5. The van der Waals surface area contributed by atoms with Gasteiger partial charge in [-0.3, -0.25) is 0 Å². The topological polar surface area (TPSA) is 142 Å². The molecule has 0 atom stereocenters. The monoisotopic (exact) mass is 431 g/mol. The van der Waals surface area contributed by atoms with Crippen molar-refractivity contribution in [3.8, 4) is 28.3 Å². The van der Waals surface area contributed by atoms with Crippen molar-refractivity contribution < 1.29 is 13.6 Å². The van der Waals surface area contributed by atoms with E-state index in [0.717, 1.165) is 5.56 Å². The van der Waals surface area contributed by atoms with Gasteiger partial charge < -0.3 is 14.9 Å². The number of aromatic nitrogens is 7. The van der Waals surface area contributed by atoms with Crippen molar-refractivity contribution in [2.24, 2.45) is 0 Å². The van der Waals surface area contributed by atoms with Crippen LogP contribution in [0.25, 0.3) is 28.0 Å². The van der Waals surface area contributed by atoms with Crippen LogP contribution in [0.3, 0.4) is 0 Å². The van der Waals surface area contributed by atoms with Crippen molar-refractivity contribution in [2.45, 2.75) is 13.5 Å². The summed E-state index contributed by atoms with van der Waals surface area (Å²) in [6.07, 6.45) is 2.93. The smallest absolute Gasteiger partial charge is 0.428 e. The lowest BCUT2D eigenvalue weighted by Gasteiger charge is -2.08. The summed E-state index contributed by atoms with van der Waals surface area (Å²) >= 11 is 0. The molecular weight excluding hydrogens is 412 g/mol. The molecule has 0 radical (unpaired) electrons. The molecular formula is C21H19N8O3+. The average molecular weight is 431 g/mol. The van der Waals surface area contributed by atoms with E-state index in [-0.39, 0.29) is 18.2 Å². The third-order valence-corrected chi connectivity index (χ3v) is 5.15. The number of fused-ring (bicyclic) bond motifs is 1. The second-order valence-corrected chi connectivity index (χ2v) is 7.07. The Labute approximate surface area is 181 Å². The lowest BCUT2D eigenvalue weighted by molar-refractivity contribution is -0.516. The maximum atomic E-state index is 13.2. The highest BCUT2D eigenvalue weighted by Gasteiger charge is 2.26. The fourth-order valence-corrected chi connectivity index (χ4v) is 3.55. The molecule has 5 aromatic rings. The minimum Gasteiger partial charge on any atom is -0.480 e. The quantitative estimate of drug-likeness (QED) is 0.397. The summed E-state index contributed by atoms with van der Waals surface area (Å²) in [6.45, 7) is 1.97. The van der Waals surface area contributed by atoms with Gasteiger partial charge in [0.15, 0.2) is 6.39 Å². The summed E-state index contributed by atoms with van der Waals surface area (Å²) in [5.74, 6) is 1.00. The van der Waals surface area contributed by atoms with E-state index in [1.165, 1.54) is 22.6 Å². The Morgan fingerprint density at radius 2 is 2.06 bits per heavy atom. The van der Waals surface area contributed by atoms with Gasteiger partial charge in [0.05, 0.1) is 18.9 Å². The average Bonchev–Trinajstić information content (AvgIpc) is 3.37. The number of methoxy groups -OCH3 is 1. The van der Waals surface area contributed by atoms with Gasteiger partial charge >= 0.3 is 11.6 Å². The summed E-state index contributed by atoms with van der Waals surface area (Å²) in [5.41, 5.74) is 9.65. The van der Waals surface area contributed by atoms with Crippen molar-refractivity contribution in [3.05, 3.63) is 70.9 Å². The van der Waals surface area contributed by atoms with E-state index in [4.69, 9.17) is 14.9 Å². The number of oxazole rings is 1. The van der Waals surface area contributed by atoms with E-state index in [1.54, 1.807) is 19.2 Å². The molecule has 4 heterocycles. The molecule has 0 aliphatic carbocycles. The molecule has 160 valence electrons. The molecule has 3 N–H and O–H groups in total. The number of nitrogens with one attached hydrogen (secondary N) is 1. The Kier molecular flexibility index (Phi) is 4.62. The summed E-state index contributed by atoms with van der Waals surface area (Å²) in [6, 6.07) is 11.3. The molecule has 0 spiro atoms. The summed E-state index contributed by atoms with van der Waals surface area (Å²) in [7, 11) is 1.51. The Bertz CT molecular complexity index is 1490. The second kappa shape index (κ2) is 7.61. The van der Waals surface area contributed by atoms with Crippen molar-refractivity contribution >= 4 is 11.6 Å². The maximum absolute atomic E-state index is 13.2. The normalized spacial score (nSPS) is 11.2.